The van der Waals surface area contributed by atoms with Crippen molar-refractivity contribution in [3.05, 3.63) is 60.7 Å². The van der Waals surface area contributed by atoms with E-state index in [0.717, 1.165) is 25.5 Å². The Bertz CT molecular complexity index is 846. The number of hydrogen-bond acceptors (Lipinski definition) is 4. The molecule has 1 saturated carbocycles. The maximum atomic E-state index is 11.3. The Hall–Kier alpha value is -1.47. The van der Waals surface area contributed by atoms with Crippen LogP contribution in [0.5, 0.6) is 0 Å². The molecule has 0 spiro atoms. The lowest BCUT2D eigenvalue weighted by atomic mass is 9.80. The monoisotopic (exact) mass is 432 g/mol. The van der Waals surface area contributed by atoms with Gasteiger partial charge in [0.2, 0.25) is 0 Å². The van der Waals surface area contributed by atoms with E-state index < -0.39 is 18.4 Å². The van der Waals surface area contributed by atoms with Gasteiger partial charge in [0.15, 0.2) is 0 Å². The second kappa shape index (κ2) is 8.72. The molecule has 29 heavy (non-hydrogen) atoms. The average molecular weight is 433 g/mol. The number of benzene rings is 2. The minimum atomic E-state index is -3.37. The summed E-state index contributed by atoms with van der Waals surface area (Å²) in [5.41, 5.74) is 0. The summed E-state index contributed by atoms with van der Waals surface area (Å²) in [6, 6.07) is 21.3. The molecule has 4 nitrogen and oxygen atoms in total. The van der Waals surface area contributed by atoms with Gasteiger partial charge in [-0.15, -0.1) is 0 Å². The fraction of sp³-hybridized carbons (Fsp3) is 0.478. The number of rotatable bonds is 8. The minimum Gasteiger partial charge on any atom is -0.407 e. The van der Waals surface area contributed by atoms with Crippen molar-refractivity contribution in [3.63, 3.8) is 0 Å². The summed E-state index contributed by atoms with van der Waals surface area (Å²) in [6.45, 7) is 7.50. The predicted octanol–water partition coefficient (Wildman–Crippen LogP) is 3.71. The van der Waals surface area contributed by atoms with Crippen molar-refractivity contribution in [2.75, 3.05) is 12.9 Å². The summed E-state index contributed by atoms with van der Waals surface area (Å²) in [6.07, 6.45) is 3.46. The van der Waals surface area contributed by atoms with Crippen molar-refractivity contribution < 1.29 is 17.0 Å². The second-order valence-corrected chi connectivity index (χ2v) is 15.0. The zero-order valence-electron chi connectivity index (χ0n) is 17.8. The van der Waals surface area contributed by atoms with Gasteiger partial charge < -0.3 is 4.43 Å². The standard InChI is InChI=1S/C23H32O4SSi/c1-23(2,3)29(21-11-7-5-8-12-21,22-13-9-6-10-14-22)26-16-15-19-17-20(18-19)27-28(4,24)25/h5-14,19-20H,15-18H2,1-4H3/t19-,20+. The Labute approximate surface area is 176 Å². The maximum Gasteiger partial charge on any atom is 0.264 e. The van der Waals surface area contributed by atoms with E-state index in [1.54, 1.807) is 0 Å². The molecule has 0 unspecified atom stereocenters. The Morgan fingerprint density at radius 2 is 1.41 bits per heavy atom. The van der Waals surface area contributed by atoms with Crippen LogP contribution >= 0.6 is 0 Å². The van der Waals surface area contributed by atoms with E-state index in [2.05, 4.69) is 69.3 Å². The zero-order chi connectivity index (χ0) is 21.1. The van der Waals surface area contributed by atoms with Crippen LogP contribution in [0.25, 0.3) is 0 Å². The zero-order valence-corrected chi connectivity index (χ0v) is 19.6. The van der Waals surface area contributed by atoms with E-state index in [1.165, 1.54) is 10.4 Å². The number of hydrogen-bond donors (Lipinski definition) is 0. The highest BCUT2D eigenvalue weighted by Crippen LogP contribution is 2.38. The first-order valence-corrected chi connectivity index (χ1v) is 14.0. The molecule has 158 valence electrons. The SMILES string of the molecule is CC(C)(C)[Si](OCC[C@H]1C[C@@H](OS(C)(=O)=O)C1)(c1ccccc1)c1ccccc1. The molecule has 1 aliphatic carbocycles. The van der Waals surface area contributed by atoms with Crippen molar-refractivity contribution >= 4 is 28.8 Å². The molecule has 6 heteroatoms. The topological polar surface area (TPSA) is 52.6 Å². The molecule has 0 N–H and O–H groups in total. The summed E-state index contributed by atoms with van der Waals surface area (Å²) < 4.78 is 34.5. The van der Waals surface area contributed by atoms with Crippen molar-refractivity contribution in [3.8, 4) is 0 Å². The molecule has 2 aromatic rings. The van der Waals surface area contributed by atoms with Crippen LogP contribution in [0.4, 0.5) is 0 Å². The van der Waals surface area contributed by atoms with Gasteiger partial charge in [0.25, 0.3) is 18.4 Å². The fourth-order valence-corrected chi connectivity index (χ4v) is 9.61. The Balaban J connectivity index is 1.77. The lowest BCUT2D eigenvalue weighted by molar-refractivity contribution is 0.0587. The molecule has 0 aliphatic heterocycles. The van der Waals surface area contributed by atoms with Crippen LogP contribution in [0.15, 0.2) is 60.7 Å². The van der Waals surface area contributed by atoms with Gasteiger partial charge in [0.05, 0.1) is 12.4 Å². The van der Waals surface area contributed by atoms with E-state index in [1.807, 2.05) is 12.1 Å². The van der Waals surface area contributed by atoms with E-state index in [0.29, 0.717) is 12.5 Å². The van der Waals surface area contributed by atoms with Crippen LogP contribution in [0.1, 0.15) is 40.0 Å². The Morgan fingerprint density at radius 3 is 1.83 bits per heavy atom. The highest BCUT2D eigenvalue weighted by molar-refractivity contribution is 7.86. The Kier molecular flexibility index (Phi) is 6.68. The summed E-state index contributed by atoms with van der Waals surface area (Å²) in [4.78, 5) is 0. The molecule has 3 rings (SSSR count). The first-order valence-electron chi connectivity index (χ1n) is 10.2. The summed E-state index contributed by atoms with van der Waals surface area (Å²) in [5.74, 6) is 0.458. The molecule has 1 aliphatic rings. The average Bonchev–Trinajstić information content (AvgIpc) is 2.62. The van der Waals surface area contributed by atoms with Crippen molar-refractivity contribution in [2.24, 2.45) is 5.92 Å². The highest BCUT2D eigenvalue weighted by atomic mass is 32.2. The van der Waals surface area contributed by atoms with E-state index >= 15 is 0 Å². The molecule has 2 aromatic carbocycles. The molecular formula is C23H32O4SSi. The smallest absolute Gasteiger partial charge is 0.264 e. The molecule has 0 bridgehead atoms. The van der Waals surface area contributed by atoms with Gasteiger partial charge >= 0.3 is 0 Å². The van der Waals surface area contributed by atoms with E-state index in [9.17, 15) is 8.42 Å². The molecular weight excluding hydrogens is 400 g/mol. The Morgan fingerprint density at radius 1 is 0.931 bits per heavy atom. The van der Waals surface area contributed by atoms with Crippen LogP contribution in [-0.2, 0) is 18.7 Å². The van der Waals surface area contributed by atoms with Crippen molar-refractivity contribution in [1.82, 2.24) is 0 Å². The van der Waals surface area contributed by atoms with Crippen molar-refractivity contribution in [1.29, 1.82) is 0 Å². The lowest BCUT2D eigenvalue weighted by Crippen LogP contribution is -2.66. The summed E-state index contributed by atoms with van der Waals surface area (Å²) in [7, 11) is -5.85. The molecule has 0 aromatic heterocycles. The molecule has 1 fully saturated rings. The molecule has 0 atom stereocenters. The van der Waals surface area contributed by atoms with Gasteiger partial charge in [-0.2, -0.15) is 8.42 Å². The first-order chi connectivity index (χ1) is 13.6. The van der Waals surface area contributed by atoms with Gasteiger partial charge in [-0.05, 0) is 40.6 Å². The lowest BCUT2D eigenvalue weighted by Gasteiger charge is -2.43. The third-order valence-corrected chi connectivity index (χ3v) is 11.4. The minimum absolute atomic E-state index is 0.0305. The molecule has 0 amide bonds. The van der Waals surface area contributed by atoms with Crippen LogP contribution in [0.3, 0.4) is 0 Å². The van der Waals surface area contributed by atoms with Gasteiger partial charge in [0, 0.05) is 6.61 Å². The molecule has 0 saturated heterocycles. The second-order valence-electron chi connectivity index (χ2n) is 9.06. The largest absolute Gasteiger partial charge is 0.407 e. The van der Waals surface area contributed by atoms with Gasteiger partial charge in [-0.25, -0.2) is 0 Å². The quantitative estimate of drug-likeness (QED) is 0.471. The van der Waals surface area contributed by atoms with Gasteiger partial charge in [-0.3, -0.25) is 4.18 Å². The fourth-order valence-electron chi connectivity index (χ4n) is 4.38. The van der Waals surface area contributed by atoms with E-state index in [4.69, 9.17) is 8.61 Å². The maximum absolute atomic E-state index is 11.3. The van der Waals surface area contributed by atoms with Gasteiger partial charge in [0.1, 0.15) is 0 Å². The molecule has 0 radical (unpaired) electrons. The third-order valence-electron chi connectivity index (χ3n) is 5.76. The van der Waals surface area contributed by atoms with Crippen molar-refractivity contribution in [2.45, 2.75) is 51.2 Å². The first kappa shape index (κ1) is 22.2. The molecule has 0 heterocycles. The summed E-state index contributed by atoms with van der Waals surface area (Å²) >= 11 is 0. The van der Waals surface area contributed by atoms with Crippen LogP contribution in [0.2, 0.25) is 5.04 Å². The van der Waals surface area contributed by atoms with Crippen LogP contribution in [-0.4, -0.2) is 35.7 Å². The normalized spacial score (nSPS) is 20.3. The predicted molar refractivity (Wildman–Crippen MR) is 121 cm³/mol. The van der Waals surface area contributed by atoms with Crippen LogP contribution < -0.4 is 10.4 Å². The summed E-state index contributed by atoms with van der Waals surface area (Å²) in [5, 5.41) is 2.54. The highest BCUT2D eigenvalue weighted by Gasteiger charge is 2.50. The van der Waals surface area contributed by atoms with Crippen LogP contribution in [0, 0.1) is 5.92 Å². The third kappa shape index (κ3) is 5.18. The van der Waals surface area contributed by atoms with E-state index in [-0.39, 0.29) is 11.1 Å². The van der Waals surface area contributed by atoms with Gasteiger partial charge in [-0.1, -0.05) is 81.4 Å².